The molecule has 0 saturated heterocycles. The zero-order valence-corrected chi connectivity index (χ0v) is 11.1. The number of nitrogens with two attached hydrogens (primary N) is 1. The van der Waals surface area contributed by atoms with Crippen LogP contribution in [0.3, 0.4) is 0 Å². The first-order chi connectivity index (χ1) is 7.49. The van der Waals surface area contributed by atoms with Crippen molar-refractivity contribution in [2.75, 3.05) is 6.54 Å². The molecule has 1 aromatic rings. The van der Waals surface area contributed by atoms with E-state index in [1.807, 2.05) is 0 Å². The number of nitrogens with zero attached hydrogens (tertiary/aromatic N) is 2. The molecule has 0 aliphatic heterocycles. The van der Waals surface area contributed by atoms with Crippen LogP contribution in [0.15, 0.2) is 6.07 Å². The van der Waals surface area contributed by atoms with E-state index >= 15 is 0 Å². The van der Waals surface area contributed by atoms with Gasteiger partial charge in [-0.2, -0.15) is 5.10 Å². The second-order valence-corrected chi connectivity index (χ2v) is 5.35. The summed E-state index contributed by atoms with van der Waals surface area (Å²) < 4.78 is 2.17. The maximum atomic E-state index is 5.53. The number of hydrogen-bond donors (Lipinski definition) is 1. The summed E-state index contributed by atoms with van der Waals surface area (Å²) in [6, 6.07) is 2.24. The molecule has 92 valence electrons. The molecule has 2 N–H and O–H groups in total. The van der Waals surface area contributed by atoms with Gasteiger partial charge in [-0.05, 0) is 52.6 Å². The summed E-state index contributed by atoms with van der Waals surface area (Å²) in [5, 5.41) is 4.70. The Bertz CT molecular complexity index is 320. The summed E-state index contributed by atoms with van der Waals surface area (Å²) in [7, 11) is 0. The highest BCUT2D eigenvalue weighted by atomic mass is 15.3. The molecule has 3 nitrogen and oxygen atoms in total. The Balaban J connectivity index is 2.91. The minimum absolute atomic E-state index is 0.0749. The molecule has 0 aliphatic carbocycles. The summed E-state index contributed by atoms with van der Waals surface area (Å²) in [6.45, 7) is 9.55. The molecule has 0 atom stereocenters. The van der Waals surface area contributed by atoms with E-state index in [1.54, 1.807) is 0 Å². The predicted octanol–water partition coefficient (Wildman–Crippen LogP) is 2.48. The van der Waals surface area contributed by atoms with Gasteiger partial charge in [0, 0.05) is 5.69 Å². The van der Waals surface area contributed by atoms with Gasteiger partial charge in [-0.15, -0.1) is 0 Å². The van der Waals surface area contributed by atoms with Gasteiger partial charge in [-0.25, -0.2) is 0 Å². The van der Waals surface area contributed by atoms with Crippen molar-refractivity contribution in [2.24, 2.45) is 5.73 Å². The molecule has 0 bridgehead atoms. The zero-order valence-electron chi connectivity index (χ0n) is 11.1. The van der Waals surface area contributed by atoms with Crippen LogP contribution in [0.2, 0.25) is 0 Å². The van der Waals surface area contributed by atoms with Gasteiger partial charge < -0.3 is 5.73 Å². The van der Waals surface area contributed by atoms with E-state index in [9.17, 15) is 0 Å². The molecule has 1 aromatic heterocycles. The van der Waals surface area contributed by atoms with E-state index < -0.39 is 0 Å². The van der Waals surface area contributed by atoms with E-state index in [1.165, 1.54) is 11.4 Å². The molecular weight excluding hydrogens is 198 g/mol. The zero-order chi connectivity index (χ0) is 12.2. The Labute approximate surface area is 99.0 Å². The fourth-order valence-corrected chi connectivity index (χ4v) is 1.90. The van der Waals surface area contributed by atoms with Crippen molar-refractivity contribution in [3.05, 3.63) is 17.5 Å². The first-order valence-electron chi connectivity index (χ1n) is 6.27. The summed E-state index contributed by atoms with van der Waals surface area (Å²) in [5.41, 5.74) is 8.14. The molecule has 0 aromatic carbocycles. The lowest BCUT2D eigenvalue weighted by atomic mass is 10.1. The van der Waals surface area contributed by atoms with Crippen LogP contribution in [-0.4, -0.2) is 16.3 Å². The average molecular weight is 223 g/mol. The van der Waals surface area contributed by atoms with Gasteiger partial charge in [-0.3, -0.25) is 4.68 Å². The van der Waals surface area contributed by atoms with Crippen LogP contribution in [0.4, 0.5) is 0 Å². The topological polar surface area (TPSA) is 43.8 Å². The van der Waals surface area contributed by atoms with Crippen molar-refractivity contribution in [1.82, 2.24) is 9.78 Å². The third-order valence-corrected chi connectivity index (χ3v) is 2.61. The molecule has 16 heavy (non-hydrogen) atoms. The molecule has 1 rings (SSSR count). The Morgan fingerprint density at radius 3 is 2.50 bits per heavy atom. The lowest BCUT2D eigenvalue weighted by Gasteiger charge is -2.22. The van der Waals surface area contributed by atoms with E-state index in [0.717, 1.165) is 32.2 Å². The monoisotopic (exact) mass is 223 g/mol. The summed E-state index contributed by atoms with van der Waals surface area (Å²) in [5.74, 6) is 0. The van der Waals surface area contributed by atoms with Crippen LogP contribution in [0.1, 0.15) is 51.9 Å². The van der Waals surface area contributed by atoms with E-state index in [4.69, 9.17) is 10.8 Å². The quantitative estimate of drug-likeness (QED) is 0.833. The van der Waals surface area contributed by atoms with Gasteiger partial charge in [0.25, 0.3) is 0 Å². The first-order valence-corrected chi connectivity index (χ1v) is 6.27. The molecule has 0 saturated carbocycles. The molecule has 0 amide bonds. The fraction of sp³-hybridized carbons (Fsp3) is 0.769. The largest absolute Gasteiger partial charge is 0.330 e. The Hall–Kier alpha value is -0.830. The van der Waals surface area contributed by atoms with Crippen molar-refractivity contribution in [3.63, 3.8) is 0 Å². The molecule has 0 fully saturated rings. The molecule has 0 aliphatic rings. The average Bonchev–Trinajstić information content (AvgIpc) is 2.58. The van der Waals surface area contributed by atoms with Crippen molar-refractivity contribution in [1.29, 1.82) is 0 Å². The van der Waals surface area contributed by atoms with Crippen LogP contribution in [-0.2, 0) is 18.4 Å². The second kappa shape index (κ2) is 5.48. The van der Waals surface area contributed by atoms with Crippen LogP contribution < -0.4 is 5.73 Å². The molecule has 0 spiro atoms. The minimum atomic E-state index is 0.0749. The minimum Gasteiger partial charge on any atom is -0.330 e. The SMILES string of the molecule is CCCc1cc(CCCN)nn1C(C)(C)C. The lowest BCUT2D eigenvalue weighted by Crippen LogP contribution is -2.25. The van der Waals surface area contributed by atoms with Crippen molar-refractivity contribution >= 4 is 0 Å². The van der Waals surface area contributed by atoms with Gasteiger partial charge in [0.15, 0.2) is 0 Å². The van der Waals surface area contributed by atoms with Gasteiger partial charge in [0.05, 0.1) is 11.2 Å². The van der Waals surface area contributed by atoms with E-state index in [2.05, 4.69) is 38.4 Å². The van der Waals surface area contributed by atoms with Gasteiger partial charge in [-0.1, -0.05) is 13.3 Å². The maximum Gasteiger partial charge on any atom is 0.0628 e. The standard InChI is InChI=1S/C13H25N3/c1-5-7-12-10-11(8-6-9-14)15-16(12)13(2,3)4/h10H,5-9,14H2,1-4H3. The Morgan fingerprint density at radius 2 is 2.00 bits per heavy atom. The van der Waals surface area contributed by atoms with E-state index in [-0.39, 0.29) is 5.54 Å². The van der Waals surface area contributed by atoms with Crippen LogP contribution in [0, 0.1) is 0 Å². The summed E-state index contributed by atoms with van der Waals surface area (Å²) in [6.07, 6.45) is 4.29. The summed E-state index contributed by atoms with van der Waals surface area (Å²) in [4.78, 5) is 0. The molecule has 3 heteroatoms. The number of rotatable bonds is 5. The molecule has 0 radical (unpaired) electrons. The van der Waals surface area contributed by atoms with Crippen molar-refractivity contribution in [2.45, 2.75) is 58.9 Å². The Kier molecular flexibility index (Phi) is 4.54. The highest BCUT2D eigenvalue weighted by Gasteiger charge is 2.18. The van der Waals surface area contributed by atoms with Gasteiger partial charge in [0.2, 0.25) is 0 Å². The second-order valence-electron chi connectivity index (χ2n) is 5.35. The van der Waals surface area contributed by atoms with Crippen LogP contribution in [0.5, 0.6) is 0 Å². The number of aromatic nitrogens is 2. The third-order valence-electron chi connectivity index (χ3n) is 2.61. The lowest BCUT2D eigenvalue weighted by molar-refractivity contribution is 0.340. The highest BCUT2D eigenvalue weighted by Crippen LogP contribution is 2.19. The van der Waals surface area contributed by atoms with Crippen molar-refractivity contribution < 1.29 is 0 Å². The van der Waals surface area contributed by atoms with Crippen molar-refractivity contribution in [3.8, 4) is 0 Å². The first kappa shape index (κ1) is 13.2. The fourth-order valence-electron chi connectivity index (χ4n) is 1.90. The summed E-state index contributed by atoms with van der Waals surface area (Å²) >= 11 is 0. The molecule has 0 unspecified atom stereocenters. The highest BCUT2D eigenvalue weighted by molar-refractivity contribution is 5.12. The molecule has 1 heterocycles. The van der Waals surface area contributed by atoms with Gasteiger partial charge in [0.1, 0.15) is 0 Å². The van der Waals surface area contributed by atoms with E-state index in [0.29, 0.717) is 0 Å². The molecular formula is C13H25N3. The van der Waals surface area contributed by atoms with Gasteiger partial charge >= 0.3 is 0 Å². The van der Waals surface area contributed by atoms with Crippen LogP contribution >= 0.6 is 0 Å². The predicted molar refractivity (Wildman–Crippen MR) is 68.6 cm³/mol. The maximum absolute atomic E-state index is 5.53. The number of aryl methyl sites for hydroxylation is 2. The Morgan fingerprint density at radius 1 is 1.31 bits per heavy atom. The van der Waals surface area contributed by atoms with Crippen LogP contribution in [0.25, 0.3) is 0 Å². The number of hydrogen-bond acceptors (Lipinski definition) is 2. The normalized spacial score (nSPS) is 12.1. The smallest absolute Gasteiger partial charge is 0.0628 e. The third kappa shape index (κ3) is 3.34.